The van der Waals surface area contributed by atoms with E-state index < -0.39 is 0 Å². The molecule has 0 amide bonds. The molecule has 0 aromatic heterocycles. The molecule has 2 rings (SSSR count). The van der Waals surface area contributed by atoms with E-state index in [4.69, 9.17) is 9.47 Å². The van der Waals surface area contributed by atoms with E-state index in [0.717, 1.165) is 24.1 Å². The van der Waals surface area contributed by atoms with E-state index in [-0.39, 0.29) is 5.82 Å². The summed E-state index contributed by atoms with van der Waals surface area (Å²) < 4.78 is 24.5. The summed E-state index contributed by atoms with van der Waals surface area (Å²) in [5, 5.41) is 0. The van der Waals surface area contributed by atoms with Gasteiger partial charge in [0.05, 0.1) is 17.7 Å². The van der Waals surface area contributed by atoms with Crippen molar-refractivity contribution >= 4 is 15.9 Å². The Bertz CT molecular complexity index is 337. The summed E-state index contributed by atoms with van der Waals surface area (Å²) in [6, 6.07) is 4.44. The molecule has 82 valence electrons. The van der Waals surface area contributed by atoms with Gasteiger partial charge < -0.3 is 9.47 Å². The molecule has 1 aliphatic heterocycles. The molecule has 0 spiro atoms. The Morgan fingerprint density at radius 3 is 3.13 bits per heavy atom. The van der Waals surface area contributed by atoms with Gasteiger partial charge in [-0.1, -0.05) is 0 Å². The highest BCUT2D eigenvalue weighted by Crippen LogP contribution is 2.26. The third kappa shape index (κ3) is 2.92. The van der Waals surface area contributed by atoms with E-state index in [1.54, 1.807) is 6.07 Å². The summed E-state index contributed by atoms with van der Waals surface area (Å²) in [7, 11) is 0. The van der Waals surface area contributed by atoms with Crippen LogP contribution in [0.1, 0.15) is 6.42 Å². The van der Waals surface area contributed by atoms with Gasteiger partial charge in [0.15, 0.2) is 0 Å². The first kappa shape index (κ1) is 10.9. The summed E-state index contributed by atoms with van der Waals surface area (Å²) >= 11 is 3.32. The first-order valence-corrected chi connectivity index (χ1v) is 5.70. The zero-order valence-corrected chi connectivity index (χ0v) is 9.80. The maximum atomic E-state index is 12.9. The van der Waals surface area contributed by atoms with Crippen molar-refractivity contribution in [2.75, 3.05) is 19.8 Å². The average molecular weight is 275 g/mol. The van der Waals surface area contributed by atoms with E-state index in [0.29, 0.717) is 18.3 Å². The number of benzene rings is 1. The van der Waals surface area contributed by atoms with Crippen molar-refractivity contribution in [1.82, 2.24) is 0 Å². The molecule has 0 radical (unpaired) electrons. The van der Waals surface area contributed by atoms with Gasteiger partial charge in [0.1, 0.15) is 11.6 Å². The number of rotatable bonds is 3. The summed E-state index contributed by atoms with van der Waals surface area (Å²) in [6.45, 7) is 2.13. The number of hydrogen-bond acceptors (Lipinski definition) is 2. The van der Waals surface area contributed by atoms with E-state index in [1.165, 1.54) is 12.1 Å². The Labute approximate surface area is 96.5 Å². The SMILES string of the molecule is Fc1ccc(Br)c(OCC2CCOC2)c1. The van der Waals surface area contributed by atoms with Crippen molar-refractivity contribution in [2.24, 2.45) is 5.92 Å². The van der Waals surface area contributed by atoms with Crippen LogP contribution in [0.3, 0.4) is 0 Å². The van der Waals surface area contributed by atoms with Crippen molar-refractivity contribution in [2.45, 2.75) is 6.42 Å². The second-order valence-corrected chi connectivity index (χ2v) is 4.47. The van der Waals surface area contributed by atoms with Crippen LogP contribution in [-0.4, -0.2) is 19.8 Å². The summed E-state index contributed by atoms with van der Waals surface area (Å²) in [5.41, 5.74) is 0. The quantitative estimate of drug-likeness (QED) is 0.844. The standard InChI is InChI=1S/C11H12BrFO2/c12-10-2-1-9(13)5-11(10)15-7-8-3-4-14-6-8/h1-2,5,8H,3-4,6-7H2. The van der Waals surface area contributed by atoms with E-state index in [2.05, 4.69) is 15.9 Å². The van der Waals surface area contributed by atoms with Crippen LogP contribution in [-0.2, 0) is 4.74 Å². The Morgan fingerprint density at radius 2 is 2.40 bits per heavy atom. The lowest BCUT2D eigenvalue weighted by molar-refractivity contribution is 0.166. The van der Waals surface area contributed by atoms with Gasteiger partial charge in [-0.25, -0.2) is 4.39 Å². The molecular weight excluding hydrogens is 263 g/mol. The van der Waals surface area contributed by atoms with E-state index in [1.807, 2.05) is 0 Å². The van der Waals surface area contributed by atoms with Crippen molar-refractivity contribution in [3.63, 3.8) is 0 Å². The molecule has 0 bridgehead atoms. The van der Waals surface area contributed by atoms with Crippen molar-refractivity contribution in [1.29, 1.82) is 0 Å². The predicted molar refractivity (Wildman–Crippen MR) is 58.5 cm³/mol. The van der Waals surface area contributed by atoms with Crippen LogP contribution < -0.4 is 4.74 Å². The topological polar surface area (TPSA) is 18.5 Å². The first-order chi connectivity index (χ1) is 7.25. The molecule has 1 atom stereocenters. The maximum absolute atomic E-state index is 12.9. The Morgan fingerprint density at radius 1 is 1.53 bits per heavy atom. The zero-order valence-electron chi connectivity index (χ0n) is 8.21. The molecule has 1 aromatic carbocycles. The highest BCUT2D eigenvalue weighted by Gasteiger charge is 2.16. The highest BCUT2D eigenvalue weighted by atomic mass is 79.9. The molecule has 2 nitrogen and oxygen atoms in total. The second kappa shape index (κ2) is 4.94. The summed E-state index contributed by atoms with van der Waals surface area (Å²) in [5.74, 6) is 0.706. The smallest absolute Gasteiger partial charge is 0.136 e. The first-order valence-electron chi connectivity index (χ1n) is 4.91. The van der Waals surface area contributed by atoms with Crippen molar-refractivity contribution in [3.8, 4) is 5.75 Å². The van der Waals surface area contributed by atoms with Gasteiger partial charge in [-0.05, 0) is 34.5 Å². The lowest BCUT2D eigenvalue weighted by Crippen LogP contribution is -2.11. The molecule has 1 aromatic rings. The van der Waals surface area contributed by atoms with Gasteiger partial charge in [0, 0.05) is 18.6 Å². The Hall–Kier alpha value is -0.610. The fourth-order valence-corrected chi connectivity index (χ4v) is 1.87. The lowest BCUT2D eigenvalue weighted by Gasteiger charge is -2.11. The minimum absolute atomic E-state index is 0.282. The summed E-state index contributed by atoms with van der Waals surface area (Å²) in [6.07, 6.45) is 1.02. The fraction of sp³-hybridized carbons (Fsp3) is 0.455. The largest absolute Gasteiger partial charge is 0.492 e. The fourth-order valence-electron chi connectivity index (χ4n) is 1.51. The van der Waals surface area contributed by atoms with E-state index >= 15 is 0 Å². The van der Waals surface area contributed by atoms with Gasteiger partial charge in [-0.2, -0.15) is 0 Å². The Kier molecular flexibility index (Phi) is 3.59. The average Bonchev–Trinajstić information content (AvgIpc) is 2.72. The minimum Gasteiger partial charge on any atom is -0.492 e. The maximum Gasteiger partial charge on any atom is 0.136 e. The van der Waals surface area contributed by atoms with Crippen LogP contribution >= 0.6 is 15.9 Å². The minimum atomic E-state index is -0.282. The summed E-state index contributed by atoms with van der Waals surface area (Å²) in [4.78, 5) is 0. The molecule has 1 saturated heterocycles. The molecule has 1 unspecified atom stereocenters. The third-order valence-electron chi connectivity index (χ3n) is 2.39. The molecule has 1 fully saturated rings. The van der Waals surface area contributed by atoms with Crippen LogP contribution in [0.25, 0.3) is 0 Å². The molecule has 0 saturated carbocycles. The van der Waals surface area contributed by atoms with Crippen LogP contribution in [0.2, 0.25) is 0 Å². The molecular formula is C11H12BrFO2. The second-order valence-electron chi connectivity index (χ2n) is 3.62. The number of ether oxygens (including phenoxy) is 2. The predicted octanol–water partition coefficient (Wildman–Crippen LogP) is 3.00. The van der Waals surface area contributed by atoms with E-state index in [9.17, 15) is 4.39 Å². The van der Waals surface area contributed by atoms with Gasteiger partial charge in [-0.3, -0.25) is 0 Å². The third-order valence-corrected chi connectivity index (χ3v) is 3.05. The zero-order chi connectivity index (χ0) is 10.7. The molecule has 0 N–H and O–H groups in total. The monoisotopic (exact) mass is 274 g/mol. The Balaban J connectivity index is 1.94. The van der Waals surface area contributed by atoms with Gasteiger partial charge in [0.25, 0.3) is 0 Å². The normalized spacial score (nSPS) is 20.5. The molecule has 15 heavy (non-hydrogen) atoms. The van der Waals surface area contributed by atoms with Crippen LogP contribution in [0.4, 0.5) is 4.39 Å². The molecule has 1 aliphatic rings. The van der Waals surface area contributed by atoms with Gasteiger partial charge >= 0.3 is 0 Å². The number of hydrogen-bond donors (Lipinski definition) is 0. The van der Waals surface area contributed by atoms with Crippen LogP contribution in [0.5, 0.6) is 5.75 Å². The van der Waals surface area contributed by atoms with Crippen molar-refractivity contribution in [3.05, 3.63) is 28.5 Å². The van der Waals surface area contributed by atoms with Crippen LogP contribution in [0.15, 0.2) is 22.7 Å². The van der Waals surface area contributed by atoms with Crippen LogP contribution in [0, 0.1) is 11.7 Å². The molecule has 1 heterocycles. The van der Waals surface area contributed by atoms with Gasteiger partial charge in [-0.15, -0.1) is 0 Å². The molecule has 4 heteroatoms. The number of halogens is 2. The van der Waals surface area contributed by atoms with Crippen molar-refractivity contribution < 1.29 is 13.9 Å². The highest BCUT2D eigenvalue weighted by molar-refractivity contribution is 9.10. The lowest BCUT2D eigenvalue weighted by atomic mass is 10.1. The van der Waals surface area contributed by atoms with Gasteiger partial charge in [0.2, 0.25) is 0 Å². The molecule has 0 aliphatic carbocycles.